The van der Waals surface area contributed by atoms with Crippen LogP contribution in [-0.4, -0.2) is 16.1 Å². The maximum Gasteiger partial charge on any atom is 0.573 e. The Hall–Kier alpha value is -2.06. The van der Waals surface area contributed by atoms with Crippen LogP contribution in [0.4, 0.5) is 13.2 Å². The Labute approximate surface area is 113 Å². The van der Waals surface area contributed by atoms with Gasteiger partial charge in [-0.2, -0.15) is 5.10 Å². The molecular formula is C12H13F3N4O. The molecule has 0 aliphatic carbocycles. The smallest absolute Gasteiger partial charge is 0.405 e. The summed E-state index contributed by atoms with van der Waals surface area (Å²) in [6.45, 7) is 0. The third kappa shape index (κ3) is 3.28. The number of hydrogen-bond donors (Lipinski definition) is 2. The van der Waals surface area contributed by atoms with Crippen molar-refractivity contribution in [3.63, 3.8) is 0 Å². The Morgan fingerprint density at radius 2 is 2.05 bits per heavy atom. The summed E-state index contributed by atoms with van der Waals surface area (Å²) >= 11 is 0. The first-order chi connectivity index (χ1) is 9.40. The van der Waals surface area contributed by atoms with Crippen LogP contribution in [0.1, 0.15) is 17.2 Å². The fourth-order valence-corrected chi connectivity index (χ4v) is 1.89. The monoisotopic (exact) mass is 286 g/mol. The Kier molecular flexibility index (Phi) is 3.96. The van der Waals surface area contributed by atoms with Crippen LogP contribution in [0.15, 0.2) is 36.7 Å². The molecule has 20 heavy (non-hydrogen) atoms. The fourth-order valence-electron chi connectivity index (χ4n) is 1.89. The maximum atomic E-state index is 12.4. The zero-order valence-electron chi connectivity index (χ0n) is 10.6. The van der Waals surface area contributed by atoms with Crippen LogP contribution in [0.2, 0.25) is 0 Å². The van der Waals surface area contributed by atoms with Gasteiger partial charge >= 0.3 is 6.36 Å². The van der Waals surface area contributed by atoms with E-state index in [0.717, 1.165) is 0 Å². The summed E-state index contributed by atoms with van der Waals surface area (Å²) < 4.78 is 42.8. The van der Waals surface area contributed by atoms with Crippen LogP contribution in [0.25, 0.3) is 0 Å². The summed E-state index contributed by atoms with van der Waals surface area (Å²) in [5.74, 6) is 5.16. The van der Waals surface area contributed by atoms with Gasteiger partial charge in [-0.05, 0) is 6.07 Å². The van der Waals surface area contributed by atoms with Gasteiger partial charge in [0, 0.05) is 24.4 Å². The van der Waals surface area contributed by atoms with E-state index in [1.807, 2.05) is 0 Å². The summed E-state index contributed by atoms with van der Waals surface area (Å²) in [5, 5.41) is 3.97. The van der Waals surface area contributed by atoms with E-state index in [9.17, 15) is 13.2 Å². The van der Waals surface area contributed by atoms with Gasteiger partial charge in [0.2, 0.25) is 0 Å². The molecule has 1 atom stereocenters. The molecule has 1 aromatic heterocycles. The number of hydrazine groups is 1. The second-order valence-corrected chi connectivity index (χ2v) is 4.13. The normalized spacial score (nSPS) is 13.2. The Morgan fingerprint density at radius 1 is 1.35 bits per heavy atom. The van der Waals surface area contributed by atoms with E-state index >= 15 is 0 Å². The maximum absolute atomic E-state index is 12.4. The van der Waals surface area contributed by atoms with Crippen molar-refractivity contribution in [1.82, 2.24) is 15.2 Å². The molecule has 0 aliphatic heterocycles. The lowest BCUT2D eigenvalue weighted by Crippen LogP contribution is -2.29. The lowest BCUT2D eigenvalue weighted by Gasteiger charge is -2.19. The second kappa shape index (κ2) is 5.51. The topological polar surface area (TPSA) is 65.1 Å². The van der Waals surface area contributed by atoms with E-state index in [1.54, 1.807) is 19.3 Å². The number of halogens is 3. The number of nitrogens with two attached hydrogens (primary N) is 1. The summed E-state index contributed by atoms with van der Waals surface area (Å²) in [6.07, 6.45) is -1.58. The zero-order chi connectivity index (χ0) is 14.8. The SMILES string of the molecule is Cn1cc(C(NN)c2ccccc2OC(F)(F)F)cn1. The van der Waals surface area contributed by atoms with Crippen LogP contribution in [0.5, 0.6) is 5.75 Å². The molecule has 1 heterocycles. The molecule has 0 spiro atoms. The van der Waals surface area contributed by atoms with Gasteiger partial charge in [0.25, 0.3) is 0 Å². The van der Waals surface area contributed by atoms with Gasteiger partial charge < -0.3 is 4.74 Å². The molecule has 8 heteroatoms. The first-order valence-corrected chi connectivity index (χ1v) is 5.70. The third-order valence-electron chi connectivity index (χ3n) is 2.68. The molecule has 0 radical (unpaired) electrons. The van der Waals surface area contributed by atoms with Gasteiger partial charge in [0.05, 0.1) is 12.2 Å². The molecule has 0 saturated heterocycles. The van der Waals surface area contributed by atoms with Crippen LogP contribution in [-0.2, 0) is 7.05 Å². The molecule has 1 unspecified atom stereocenters. The number of nitrogens with zero attached hydrogens (tertiary/aromatic N) is 2. The van der Waals surface area contributed by atoms with Crippen molar-refractivity contribution in [2.24, 2.45) is 12.9 Å². The number of nitrogens with one attached hydrogen (secondary N) is 1. The van der Waals surface area contributed by atoms with Crippen molar-refractivity contribution in [1.29, 1.82) is 0 Å². The molecule has 0 saturated carbocycles. The molecule has 0 aliphatic rings. The number of ether oxygens (including phenoxy) is 1. The number of aromatic nitrogens is 2. The predicted octanol–water partition coefficient (Wildman–Crippen LogP) is 1.87. The minimum Gasteiger partial charge on any atom is -0.405 e. The molecule has 3 N–H and O–H groups in total. The zero-order valence-corrected chi connectivity index (χ0v) is 10.6. The number of rotatable bonds is 4. The van der Waals surface area contributed by atoms with Gasteiger partial charge in [-0.1, -0.05) is 18.2 Å². The third-order valence-corrected chi connectivity index (χ3v) is 2.68. The van der Waals surface area contributed by atoms with E-state index in [2.05, 4.69) is 15.3 Å². The predicted molar refractivity (Wildman–Crippen MR) is 65.5 cm³/mol. The van der Waals surface area contributed by atoms with E-state index in [0.29, 0.717) is 5.56 Å². The highest BCUT2D eigenvalue weighted by molar-refractivity contribution is 5.40. The highest BCUT2D eigenvalue weighted by Crippen LogP contribution is 2.32. The average molecular weight is 286 g/mol. The molecule has 0 bridgehead atoms. The van der Waals surface area contributed by atoms with Crippen molar-refractivity contribution in [2.45, 2.75) is 12.4 Å². The fraction of sp³-hybridized carbons (Fsp3) is 0.250. The number of benzene rings is 1. The highest BCUT2D eigenvalue weighted by atomic mass is 19.4. The van der Waals surface area contributed by atoms with Crippen molar-refractivity contribution < 1.29 is 17.9 Å². The lowest BCUT2D eigenvalue weighted by molar-refractivity contribution is -0.275. The quantitative estimate of drug-likeness (QED) is 0.665. The van der Waals surface area contributed by atoms with Gasteiger partial charge in [-0.15, -0.1) is 13.2 Å². The molecule has 2 aromatic rings. The summed E-state index contributed by atoms with van der Waals surface area (Å²) in [5.41, 5.74) is 3.38. The van der Waals surface area contributed by atoms with E-state index in [-0.39, 0.29) is 11.3 Å². The number of para-hydroxylation sites is 1. The Morgan fingerprint density at radius 3 is 2.60 bits per heavy atom. The van der Waals surface area contributed by atoms with Crippen LogP contribution >= 0.6 is 0 Å². The summed E-state index contributed by atoms with van der Waals surface area (Å²) in [7, 11) is 1.70. The van der Waals surface area contributed by atoms with Crippen molar-refractivity contribution in [3.8, 4) is 5.75 Å². The molecule has 108 valence electrons. The molecule has 1 aromatic carbocycles. The van der Waals surface area contributed by atoms with E-state index < -0.39 is 12.4 Å². The van der Waals surface area contributed by atoms with Crippen LogP contribution in [0.3, 0.4) is 0 Å². The van der Waals surface area contributed by atoms with E-state index in [4.69, 9.17) is 5.84 Å². The highest BCUT2D eigenvalue weighted by Gasteiger charge is 2.33. The van der Waals surface area contributed by atoms with Crippen molar-refractivity contribution >= 4 is 0 Å². The molecule has 2 rings (SSSR count). The summed E-state index contributed by atoms with van der Waals surface area (Å²) in [6, 6.07) is 5.17. The molecule has 0 fully saturated rings. The van der Waals surface area contributed by atoms with Gasteiger partial charge in [-0.3, -0.25) is 10.5 Å². The minimum atomic E-state index is -4.76. The Balaban J connectivity index is 2.39. The van der Waals surface area contributed by atoms with Crippen molar-refractivity contribution in [2.75, 3.05) is 0 Å². The first-order valence-electron chi connectivity index (χ1n) is 5.70. The number of aryl methyl sites for hydroxylation is 1. The van der Waals surface area contributed by atoms with Gasteiger partial charge in [0.15, 0.2) is 0 Å². The van der Waals surface area contributed by atoms with Crippen LogP contribution < -0.4 is 16.0 Å². The number of hydrogen-bond acceptors (Lipinski definition) is 4. The van der Waals surface area contributed by atoms with Gasteiger partial charge in [0.1, 0.15) is 5.75 Å². The van der Waals surface area contributed by atoms with Gasteiger partial charge in [-0.25, -0.2) is 5.43 Å². The first kappa shape index (κ1) is 14.4. The largest absolute Gasteiger partial charge is 0.573 e. The van der Waals surface area contributed by atoms with Crippen molar-refractivity contribution in [3.05, 3.63) is 47.8 Å². The Bertz CT molecular complexity index is 582. The molecular weight excluding hydrogens is 273 g/mol. The standard InChI is InChI=1S/C12H13F3N4O/c1-19-7-8(6-17-19)11(18-16)9-4-2-3-5-10(9)20-12(13,14)15/h2-7,11,18H,16H2,1H3. The molecule has 0 amide bonds. The number of alkyl halides is 3. The minimum absolute atomic E-state index is 0.278. The lowest BCUT2D eigenvalue weighted by atomic mass is 10.0. The second-order valence-electron chi connectivity index (χ2n) is 4.13. The van der Waals surface area contributed by atoms with Crippen LogP contribution in [0, 0.1) is 0 Å². The van der Waals surface area contributed by atoms with E-state index in [1.165, 1.54) is 29.1 Å². The summed E-state index contributed by atoms with van der Waals surface area (Å²) in [4.78, 5) is 0. The molecule has 5 nitrogen and oxygen atoms in total. The average Bonchev–Trinajstić information content (AvgIpc) is 2.77.